The molecule has 0 unspecified atom stereocenters. The first kappa shape index (κ1) is 13.2. The molecule has 1 N–H and O–H groups in total. The van der Waals surface area contributed by atoms with Crippen molar-refractivity contribution in [2.75, 3.05) is 19.1 Å². The lowest BCUT2D eigenvalue weighted by atomic mass is 10.2. The number of rotatable bonds is 3. The van der Waals surface area contributed by atoms with Crippen LogP contribution in [0.3, 0.4) is 0 Å². The first-order chi connectivity index (χ1) is 10.2. The third kappa shape index (κ3) is 2.36. The molecular formula is C17H16N2O2. The van der Waals surface area contributed by atoms with Gasteiger partial charge in [0.05, 0.1) is 12.8 Å². The molecule has 3 rings (SSSR count). The van der Waals surface area contributed by atoms with Gasteiger partial charge in [-0.1, -0.05) is 30.3 Å². The van der Waals surface area contributed by atoms with Crippen molar-refractivity contribution in [2.45, 2.75) is 0 Å². The number of nitrogens with zero attached hydrogens (tertiary/aromatic N) is 1. The van der Waals surface area contributed by atoms with Crippen LogP contribution in [0.4, 0.5) is 5.69 Å². The second-order valence-corrected chi connectivity index (χ2v) is 4.81. The van der Waals surface area contributed by atoms with E-state index in [1.165, 1.54) is 0 Å². The van der Waals surface area contributed by atoms with Crippen LogP contribution in [0, 0.1) is 0 Å². The van der Waals surface area contributed by atoms with E-state index >= 15 is 0 Å². The maximum atomic E-state index is 12.6. The number of anilines is 1. The van der Waals surface area contributed by atoms with Crippen LogP contribution in [0.1, 0.15) is 10.5 Å². The first-order valence-corrected chi connectivity index (χ1v) is 6.69. The molecule has 4 heteroatoms. The van der Waals surface area contributed by atoms with Crippen LogP contribution in [0.15, 0.2) is 54.6 Å². The molecule has 1 heterocycles. The van der Waals surface area contributed by atoms with Gasteiger partial charge < -0.3 is 14.6 Å². The molecule has 0 radical (unpaired) electrons. The molecule has 0 aliphatic carbocycles. The first-order valence-electron chi connectivity index (χ1n) is 6.69. The van der Waals surface area contributed by atoms with E-state index in [9.17, 15) is 4.79 Å². The molecule has 3 aromatic rings. The summed E-state index contributed by atoms with van der Waals surface area (Å²) in [7, 11) is 3.34. The Balaban J connectivity index is 1.97. The van der Waals surface area contributed by atoms with E-state index in [0.29, 0.717) is 11.4 Å². The topological polar surface area (TPSA) is 45.3 Å². The third-order valence-corrected chi connectivity index (χ3v) is 3.51. The maximum Gasteiger partial charge on any atom is 0.274 e. The second kappa shape index (κ2) is 5.32. The van der Waals surface area contributed by atoms with Crippen LogP contribution < -0.4 is 9.64 Å². The normalized spacial score (nSPS) is 10.6. The molecule has 0 fully saturated rings. The minimum Gasteiger partial charge on any atom is -0.495 e. The molecule has 0 saturated carbocycles. The van der Waals surface area contributed by atoms with E-state index in [4.69, 9.17) is 4.74 Å². The summed E-state index contributed by atoms with van der Waals surface area (Å²) in [5.41, 5.74) is 2.25. The number of carbonyl (C=O) groups excluding carboxylic acids is 1. The number of hydrogen-bond acceptors (Lipinski definition) is 2. The number of aromatic nitrogens is 1. The van der Waals surface area contributed by atoms with Gasteiger partial charge in [0, 0.05) is 18.0 Å². The van der Waals surface area contributed by atoms with Crippen LogP contribution in [0.2, 0.25) is 0 Å². The summed E-state index contributed by atoms with van der Waals surface area (Å²) in [4.78, 5) is 17.4. The van der Waals surface area contributed by atoms with Gasteiger partial charge in [-0.2, -0.15) is 0 Å². The van der Waals surface area contributed by atoms with E-state index in [1.807, 2.05) is 54.6 Å². The molecule has 21 heavy (non-hydrogen) atoms. The number of ether oxygens (including phenoxy) is 1. The zero-order valence-corrected chi connectivity index (χ0v) is 12.0. The van der Waals surface area contributed by atoms with E-state index in [-0.39, 0.29) is 5.91 Å². The smallest absolute Gasteiger partial charge is 0.274 e. The Morgan fingerprint density at radius 2 is 1.81 bits per heavy atom. The number of para-hydroxylation sites is 3. The highest BCUT2D eigenvalue weighted by Crippen LogP contribution is 2.28. The van der Waals surface area contributed by atoms with E-state index in [0.717, 1.165) is 16.6 Å². The fourth-order valence-corrected chi connectivity index (χ4v) is 2.39. The van der Waals surface area contributed by atoms with Crippen LogP contribution in [-0.4, -0.2) is 25.0 Å². The Morgan fingerprint density at radius 1 is 1.10 bits per heavy atom. The monoisotopic (exact) mass is 280 g/mol. The largest absolute Gasteiger partial charge is 0.495 e. The van der Waals surface area contributed by atoms with Crippen molar-refractivity contribution in [3.8, 4) is 5.75 Å². The molecule has 106 valence electrons. The third-order valence-electron chi connectivity index (χ3n) is 3.51. The van der Waals surface area contributed by atoms with Crippen LogP contribution in [0.25, 0.3) is 10.9 Å². The average molecular weight is 280 g/mol. The summed E-state index contributed by atoms with van der Waals surface area (Å²) >= 11 is 0. The molecule has 1 amide bonds. The average Bonchev–Trinajstić information content (AvgIpc) is 2.97. The van der Waals surface area contributed by atoms with Crippen molar-refractivity contribution >= 4 is 22.5 Å². The van der Waals surface area contributed by atoms with Gasteiger partial charge in [0.1, 0.15) is 11.4 Å². The number of nitrogens with one attached hydrogen (secondary N) is 1. The van der Waals surface area contributed by atoms with E-state index in [2.05, 4.69) is 4.98 Å². The molecule has 0 spiro atoms. The van der Waals surface area contributed by atoms with Gasteiger partial charge in [-0.05, 0) is 24.3 Å². The van der Waals surface area contributed by atoms with Crippen LogP contribution in [0.5, 0.6) is 5.75 Å². The summed E-state index contributed by atoms with van der Waals surface area (Å²) in [5.74, 6) is 0.570. The predicted molar refractivity (Wildman–Crippen MR) is 84.0 cm³/mol. The zero-order valence-electron chi connectivity index (χ0n) is 12.0. The maximum absolute atomic E-state index is 12.6. The Hall–Kier alpha value is -2.75. The summed E-state index contributed by atoms with van der Waals surface area (Å²) in [6.45, 7) is 0. The Bertz CT molecular complexity index is 759. The Morgan fingerprint density at radius 3 is 2.57 bits per heavy atom. The minimum atomic E-state index is -0.101. The zero-order chi connectivity index (χ0) is 14.8. The van der Waals surface area contributed by atoms with Gasteiger partial charge in [-0.15, -0.1) is 0 Å². The summed E-state index contributed by atoms with van der Waals surface area (Å²) in [6.07, 6.45) is 0. The van der Waals surface area contributed by atoms with Crippen molar-refractivity contribution in [3.63, 3.8) is 0 Å². The Kier molecular flexibility index (Phi) is 3.36. The summed E-state index contributed by atoms with van der Waals surface area (Å²) in [5, 5.41) is 1.02. The van der Waals surface area contributed by atoms with Crippen LogP contribution >= 0.6 is 0 Å². The second-order valence-electron chi connectivity index (χ2n) is 4.81. The molecule has 0 saturated heterocycles. The number of benzene rings is 2. The summed E-state index contributed by atoms with van der Waals surface area (Å²) in [6, 6.07) is 17.1. The Labute approximate surface area is 123 Å². The lowest BCUT2D eigenvalue weighted by Crippen LogP contribution is -2.26. The highest BCUT2D eigenvalue weighted by molar-refractivity contribution is 6.07. The number of amides is 1. The van der Waals surface area contributed by atoms with Gasteiger partial charge in [0.25, 0.3) is 5.91 Å². The number of carbonyl (C=O) groups is 1. The molecule has 0 aliphatic rings. The lowest BCUT2D eigenvalue weighted by molar-refractivity contribution is 0.0988. The molecule has 0 aliphatic heterocycles. The van der Waals surface area contributed by atoms with Gasteiger partial charge in [0.15, 0.2) is 0 Å². The molecule has 1 aromatic heterocycles. The number of methoxy groups -OCH3 is 1. The van der Waals surface area contributed by atoms with Crippen LogP contribution in [-0.2, 0) is 0 Å². The summed E-state index contributed by atoms with van der Waals surface area (Å²) < 4.78 is 5.31. The standard InChI is InChI=1S/C17H16N2O2/c1-19(15-9-5-6-10-16(15)21-2)17(20)14-11-12-7-3-4-8-13(12)18-14/h3-11,18H,1-2H3. The SMILES string of the molecule is COc1ccccc1N(C)C(=O)c1cc2ccccc2[nH]1. The number of aromatic amines is 1. The lowest BCUT2D eigenvalue weighted by Gasteiger charge is -2.19. The molecule has 0 atom stereocenters. The van der Waals surface area contributed by atoms with Crippen molar-refractivity contribution in [3.05, 3.63) is 60.3 Å². The van der Waals surface area contributed by atoms with Gasteiger partial charge in [-0.25, -0.2) is 0 Å². The van der Waals surface area contributed by atoms with E-state index in [1.54, 1.807) is 19.1 Å². The minimum absolute atomic E-state index is 0.101. The van der Waals surface area contributed by atoms with Crippen molar-refractivity contribution in [1.82, 2.24) is 4.98 Å². The highest BCUT2D eigenvalue weighted by atomic mass is 16.5. The number of H-pyrrole nitrogens is 1. The van der Waals surface area contributed by atoms with Crippen molar-refractivity contribution in [1.29, 1.82) is 0 Å². The number of fused-ring (bicyclic) bond motifs is 1. The highest BCUT2D eigenvalue weighted by Gasteiger charge is 2.18. The molecule has 0 bridgehead atoms. The van der Waals surface area contributed by atoms with E-state index < -0.39 is 0 Å². The number of hydrogen-bond donors (Lipinski definition) is 1. The molecule has 4 nitrogen and oxygen atoms in total. The van der Waals surface area contributed by atoms with Crippen molar-refractivity contribution < 1.29 is 9.53 Å². The van der Waals surface area contributed by atoms with Gasteiger partial charge in [-0.3, -0.25) is 4.79 Å². The fourth-order valence-electron chi connectivity index (χ4n) is 2.39. The fraction of sp³-hybridized carbons (Fsp3) is 0.118. The predicted octanol–water partition coefficient (Wildman–Crippen LogP) is 3.45. The molecular weight excluding hydrogens is 264 g/mol. The molecule has 2 aromatic carbocycles. The van der Waals surface area contributed by atoms with Gasteiger partial charge in [0.2, 0.25) is 0 Å². The van der Waals surface area contributed by atoms with Gasteiger partial charge >= 0.3 is 0 Å². The quantitative estimate of drug-likeness (QED) is 0.798. The van der Waals surface area contributed by atoms with Crippen molar-refractivity contribution in [2.24, 2.45) is 0 Å².